The highest BCUT2D eigenvalue weighted by atomic mass is 16.1. The summed E-state index contributed by atoms with van der Waals surface area (Å²) >= 11 is 0. The van der Waals surface area contributed by atoms with E-state index >= 15 is 0 Å². The van der Waals surface area contributed by atoms with Crippen molar-refractivity contribution in [3.05, 3.63) is 0 Å². The van der Waals surface area contributed by atoms with Crippen molar-refractivity contribution >= 4 is 5.91 Å². The molecule has 0 bridgehead atoms. The summed E-state index contributed by atoms with van der Waals surface area (Å²) < 4.78 is 0. The number of hydrogen-bond donors (Lipinski definition) is 2. The Labute approximate surface area is 93.8 Å². The smallest absolute Gasteiger partial charge is 0.220 e. The van der Waals surface area contributed by atoms with Crippen LogP contribution in [-0.4, -0.2) is 18.5 Å². The molecule has 0 aliphatic rings. The molecule has 0 saturated carbocycles. The van der Waals surface area contributed by atoms with Crippen molar-refractivity contribution in [2.45, 2.75) is 53.0 Å². The fourth-order valence-corrected chi connectivity index (χ4v) is 1.30. The Kier molecular flexibility index (Phi) is 7.39. The highest BCUT2D eigenvalue weighted by Gasteiger charge is 2.11. The van der Waals surface area contributed by atoms with E-state index in [2.05, 4.69) is 26.1 Å². The average Bonchev–Trinajstić information content (AvgIpc) is 2.15. The maximum Gasteiger partial charge on any atom is 0.220 e. The molecule has 3 heteroatoms. The van der Waals surface area contributed by atoms with Crippen molar-refractivity contribution in [2.75, 3.05) is 6.54 Å². The van der Waals surface area contributed by atoms with Crippen LogP contribution in [0, 0.1) is 11.8 Å². The molecular formula is C12H26N2O. The SMILES string of the molecule is CC(CCN)CCC(=O)NC(C)C(C)C. The van der Waals surface area contributed by atoms with Gasteiger partial charge in [0.05, 0.1) is 0 Å². The minimum Gasteiger partial charge on any atom is -0.353 e. The number of carbonyl (C=O) groups is 1. The van der Waals surface area contributed by atoms with Crippen molar-refractivity contribution < 1.29 is 4.79 Å². The second-order valence-electron chi connectivity index (χ2n) is 4.82. The first kappa shape index (κ1) is 14.4. The Hall–Kier alpha value is -0.570. The highest BCUT2D eigenvalue weighted by molar-refractivity contribution is 5.76. The van der Waals surface area contributed by atoms with E-state index in [9.17, 15) is 4.79 Å². The molecular weight excluding hydrogens is 188 g/mol. The van der Waals surface area contributed by atoms with Crippen LogP contribution in [0.1, 0.15) is 47.0 Å². The van der Waals surface area contributed by atoms with Crippen LogP contribution in [0.2, 0.25) is 0 Å². The molecule has 0 aromatic carbocycles. The molecule has 2 atom stereocenters. The molecule has 3 nitrogen and oxygen atoms in total. The van der Waals surface area contributed by atoms with E-state index in [0.29, 0.717) is 24.8 Å². The van der Waals surface area contributed by atoms with Gasteiger partial charge in [-0.2, -0.15) is 0 Å². The zero-order valence-corrected chi connectivity index (χ0v) is 10.5. The van der Waals surface area contributed by atoms with Crippen LogP contribution >= 0.6 is 0 Å². The van der Waals surface area contributed by atoms with E-state index in [0.717, 1.165) is 12.8 Å². The van der Waals surface area contributed by atoms with Crippen LogP contribution in [0.3, 0.4) is 0 Å². The van der Waals surface area contributed by atoms with Crippen molar-refractivity contribution in [3.63, 3.8) is 0 Å². The maximum absolute atomic E-state index is 11.5. The Morgan fingerprint density at radius 3 is 2.27 bits per heavy atom. The minimum absolute atomic E-state index is 0.167. The van der Waals surface area contributed by atoms with Crippen LogP contribution in [0.4, 0.5) is 0 Å². The lowest BCUT2D eigenvalue weighted by Gasteiger charge is -2.18. The van der Waals surface area contributed by atoms with Crippen molar-refractivity contribution in [2.24, 2.45) is 17.6 Å². The van der Waals surface area contributed by atoms with Crippen molar-refractivity contribution in [1.82, 2.24) is 5.32 Å². The van der Waals surface area contributed by atoms with E-state index < -0.39 is 0 Å². The van der Waals surface area contributed by atoms with E-state index in [-0.39, 0.29) is 11.9 Å². The Morgan fingerprint density at radius 2 is 1.80 bits per heavy atom. The number of rotatable bonds is 7. The van der Waals surface area contributed by atoms with Gasteiger partial charge >= 0.3 is 0 Å². The number of nitrogens with one attached hydrogen (secondary N) is 1. The molecule has 3 N–H and O–H groups in total. The Balaban J connectivity index is 3.66. The predicted octanol–water partition coefficient (Wildman–Crippen LogP) is 1.91. The Bertz CT molecular complexity index is 180. The molecule has 0 aliphatic carbocycles. The van der Waals surface area contributed by atoms with Crippen LogP contribution in [-0.2, 0) is 4.79 Å². The summed E-state index contributed by atoms with van der Waals surface area (Å²) in [4.78, 5) is 11.5. The van der Waals surface area contributed by atoms with Crippen molar-refractivity contribution in [3.8, 4) is 0 Å². The lowest BCUT2D eigenvalue weighted by molar-refractivity contribution is -0.122. The zero-order chi connectivity index (χ0) is 11.8. The number of carbonyl (C=O) groups excluding carboxylic acids is 1. The summed E-state index contributed by atoms with van der Waals surface area (Å²) in [6.45, 7) is 9.13. The third-order valence-electron chi connectivity index (χ3n) is 2.91. The second kappa shape index (κ2) is 7.69. The van der Waals surface area contributed by atoms with Gasteiger partial charge in [0.2, 0.25) is 5.91 Å². The minimum atomic E-state index is 0.167. The summed E-state index contributed by atoms with van der Waals surface area (Å²) in [5, 5.41) is 3.01. The van der Waals surface area contributed by atoms with Crippen LogP contribution in [0.25, 0.3) is 0 Å². The molecule has 0 saturated heterocycles. The van der Waals surface area contributed by atoms with Crippen LogP contribution in [0.5, 0.6) is 0 Å². The first-order chi connectivity index (χ1) is 6.97. The standard InChI is InChI=1S/C12H26N2O/c1-9(2)11(4)14-12(15)6-5-10(3)7-8-13/h9-11H,5-8,13H2,1-4H3,(H,14,15). The third kappa shape index (κ3) is 7.37. The lowest BCUT2D eigenvalue weighted by atomic mass is 10.0. The second-order valence-corrected chi connectivity index (χ2v) is 4.82. The van der Waals surface area contributed by atoms with Gasteiger partial charge in [-0.25, -0.2) is 0 Å². The Morgan fingerprint density at radius 1 is 1.20 bits per heavy atom. The van der Waals surface area contributed by atoms with Gasteiger partial charge in [-0.15, -0.1) is 0 Å². The average molecular weight is 214 g/mol. The van der Waals surface area contributed by atoms with Crippen molar-refractivity contribution in [1.29, 1.82) is 0 Å². The van der Waals surface area contributed by atoms with Gasteiger partial charge in [-0.1, -0.05) is 20.8 Å². The van der Waals surface area contributed by atoms with Gasteiger partial charge in [0.15, 0.2) is 0 Å². The van der Waals surface area contributed by atoms with Crippen LogP contribution < -0.4 is 11.1 Å². The first-order valence-electron chi connectivity index (χ1n) is 5.96. The van der Waals surface area contributed by atoms with Crippen LogP contribution in [0.15, 0.2) is 0 Å². The topological polar surface area (TPSA) is 55.1 Å². The number of nitrogens with two attached hydrogens (primary N) is 1. The van der Waals surface area contributed by atoms with Gasteiger partial charge in [0.25, 0.3) is 0 Å². The molecule has 90 valence electrons. The third-order valence-corrected chi connectivity index (χ3v) is 2.91. The predicted molar refractivity (Wildman–Crippen MR) is 64.5 cm³/mol. The van der Waals surface area contributed by atoms with Gasteiger partial charge in [-0.05, 0) is 38.1 Å². The number of amides is 1. The summed E-state index contributed by atoms with van der Waals surface area (Å²) in [6.07, 6.45) is 2.57. The van der Waals surface area contributed by atoms with E-state index in [1.807, 2.05) is 6.92 Å². The summed E-state index contributed by atoms with van der Waals surface area (Å²) in [5.41, 5.74) is 5.46. The monoisotopic (exact) mass is 214 g/mol. The van der Waals surface area contributed by atoms with Gasteiger partial charge in [0, 0.05) is 12.5 Å². The summed E-state index contributed by atoms with van der Waals surface area (Å²) in [6, 6.07) is 0.266. The fourth-order valence-electron chi connectivity index (χ4n) is 1.30. The molecule has 2 unspecified atom stereocenters. The summed E-state index contributed by atoms with van der Waals surface area (Å²) in [5.74, 6) is 1.21. The lowest BCUT2D eigenvalue weighted by Crippen LogP contribution is -2.36. The summed E-state index contributed by atoms with van der Waals surface area (Å²) in [7, 11) is 0. The molecule has 0 spiro atoms. The molecule has 0 rings (SSSR count). The molecule has 15 heavy (non-hydrogen) atoms. The van der Waals surface area contributed by atoms with Gasteiger partial charge < -0.3 is 11.1 Å². The van der Waals surface area contributed by atoms with E-state index in [1.165, 1.54) is 0 Å². The molecule has 1 amide bonds. The highest BCUT2D eigenvalue weighted by Crippen LogP contribution is 2.09. The first-order valence-corrected chi connectivity index (χ1v) is 5.96. The zero-order valence-electron chi connectivity index (χ0n) is 10.5. The van der Waals surface area contributed by atoms with Gasteiger partial charge in [0.1, 0.15) is 0 Å². The maximum atomic E-state index is 11.5. The fraction of sp³-hybridized carbons (Fsp3) is 0.917. The molecule has 0 fully saturated rings. The molecule has 0 heterocycles. The molecule has 0 radical (unpaired) electrons. The van der Waals surface area contributed by atoms with E-state index in [1.54, 1.807) is 0 Å². The molecule has 0 aromatic heterocycles. The van der Waals surface area contributed by atoms with Gasteiger partial charge in [-0.3, -0.25) is 4.79 Å². The molecule has 0 aliphatic heterocycles. The normalized spacial score (nSPS) is 15.1. The molecule has 0 aromatic rings. The number of hydrogen-bond acceptors (Lipinski definition) is 2. The van der Waals surface area contributed by atoms with E-state index in [4.69, 9.17) is 5.73 Å². The largest absolute Gasteiger partial charge is 0.353 e. The quantitative estimate of drug-likeness (QED) is 0.680.